The first-order chi connectivity index (χ1) is 12.4. The fourth-order valence-corrected chi connectivity index (χ4v) is 2.93. The van der Waals surface area contributed by atoms with Gasteiger partial charge in [0.25, 0.3) is 0 Å². The molecule has 9 heteroatoms. The smallest absolute Gasteiger partial charge is 0.0545 e. The Morgan fingerprint density at radius 2 is 1.57 bits per heavy atom. The van der Waals surface area contributed by atoms with E-state index in [9.17, 15) is 0 Å². The predicted molar refractivity (Wildman–Crippen MR) is 122 cm³/mol. The summed E-state index contributed by atoms with van der Waals surface area (Å²) in [5, 5.41) is 10.5. The Bertz CT molecular complexity index is 605. The quantitative estimate of drug-likeness (QED) is 0.607. The summed E-state index contributed by atoms with van der Waals surface area (Å²) in [7, 11) is 0. The molecule has 2 bridgehead atoms. The van der Waals surface area contributed by atoms with E-state index in [1.165, 1.54) is 0 Å². The van der Waals surface area contributed by atoms with Crippen LogP contribution in [-0.4, -0.2) is 54.1 Å². The van der Waals surface area contributed by atoms with E-state index in [2.05, 4.69) is 55.1 Å². The van der Waals surface area contributed by atoms with Crippen molar-refractivity contribution in [3.8, 4) is 0 Å². The summed E-state index contributed by atoms with van der Waals surface area (Å²) in [5.41, 5.74) is 3.32. The largest absolute Gasteiger partial charge is 0.310 e. The second-order valence-electron chi connectivity index (χ2n) is 6.31. The fraction of sp³-hybridized carbons (Fsp3) is 0.474. The molecule has 0 fully saturated rings. The van der Waals surface area contributed by atoms with E-state index in [-0.39, 0.29) is 37.2 Å². The van der Waals surface area contributed by atoms with Crippen LogP contribution in [-0.2, 0) is 19.6 Å². The van der Waals surface area contributed by atoms with Gasteiger partial charge in [-0.05, 0) is 24.3 Å². The number of nitrogens with one attached hydrogen (secondary N) is 3. The summed E-state index contributed by atoms with van der Waals surface area (Å²) in [6.07, 6.45) is 1.84. The van der Waals surface area contributed by atoms with Crippen LogP contribution in [0, 0.1) is 0 Å². The maximum absolute atomic E-state index is 4.66. The number of rotatable bonds is 5. The molecule has 0 atom stereocenters. The highest BCUT2D eigenvalue weighted by Crippen LogP contribution is 2.00. The standard InChI is InChI=1S/C19H28N6.3ClH/c1-2-7-23-17(4-1)14-20-8-11-25-12-9-21-15-18-5-3-6-19(24-18)16-22-10-13-25;;;/h1-7,20-22H,8-16H2;3*1H. The molecule has 0 aliphatic carbocycles. The molecule has 3 rings (SSSR count). The highest BCUT2D eigenvalue weighted by molar-refractivity contribution is 5.86. The molecule has 0 saturated carbocycles. The van der Waals surface area contributed by atoms with Crippen LogP contribution in [0.15, 0.2) is 42.6 Å². The summed E-state index contributed by atoms with van der Waals surface area (Å²) in [6, 6.07) is 12.3. The zero-order valence-corrected chi connectivity index (χ0v) is 18.4. The summed E-state index contributed by atoms with van der Waals surface area (Å²) in [6.45, 7) is 8.55. The molecule has 1 aliphatic heterocycles. The Kier molecular flexibility index (Phi) is 15.3. The van der Waals surface area contributed by atoms with Crippen molar-refractivity contribution in [3.05, 3.63) is 59.7 Å². The van der Waals surface area contributed by atoms with Gasteiger partial charge in [0.2, 0.25) is 0 Å². The van der Waals surface area contributed by atoms with Crippen molar-refractivity contribution in [1.29, 1.82) is 0 Å². The van der Waals surface area contributed by atoms with Crippen molar-refractivity contribution in [2.75, 3.05) is 39.3 Å². The van der Waals surface area contributed by atoms with E-state index in [0.717, 1.165) is 76.0 Å². The molecule has 0 spiro atoms. The lowest BCUT2D eigenvalue weighted by Crippen LogP contribution is -2.40. The molecule has 0 aromatic carbocycles. The minimum atomic E-state index is 0. The van der Waals surface area contributed by atoms with Crippen molar-refractivity contribution < 1.29 is 0 Å². The zero-order chi connectivity index (χ0) is 17.2. The van der Waals surface area contributed by atoms with E-state index >= 15 is 0 Å². The van der Waals surface area contributed by atoms with Crippen molar-refractivity contribution in [2.45, 2.75) is 19.6 Å². The van der Waals surface area contributed by atoms with Crippen LogP contribution in [0.3, 0.4) is 0 Å². The maximum atomic E-state index is 4.66. The van der Waals surface area contributed by atoms with Crippen molar-refractivity contribution in [1.82, 2.24) is 30.8 Å². The van der Waals surface area contributed by atoms with Gasteiger partial charge in [-0.3, -0.25) is 14.9 Å². The lowest BCUT2D eigenvalue weighted by Gasteiger charge is -2.23. The topological polar surface area (TPSA) is 65.1 Å². The van der Waals surface area contributed by atoms with Crippen LogP contribution in [0.4, 0.5) is 0 Å². The number of aromatic nitrogens is 2. The van der Waals surface area contributed by atoms with Gasteiger partial charge in [0.15, 0.2) is 0 Å². The van der Waals surface area contributed by atoms with Gasteiger partial charge in [-0.1, -0.05) is 12.1 Å². The summed E-state index contributed by atoms with van der Waals surface area (Å²) < 4.78 is 0. The van der Waals surface area contributed by atoms with Gasteiger partial charge in [0, 0.05) is 65.1 Å². The van der Waals surface area contributed by atoms with Gasteiger partial charge >= 0.3 is 0 Å². The normalized spacial score (nSPS) is 15.0. The maximum Gasteiger partial charge on any atom is 0.0545 e. The minimum absolute atomic E-state index is 0. The van der Waals surface area contributed by atoms with E-state index in [4.69, 9.17) is 0 Å². The number of pyridine rings is 2. The zero-order valence-electron chi connectivity index (χ0n) is 16.0. The first-order valence-corrected chi connectivity index (χ1v) is 9.09. The van der Waals surface area contributed by atoms with E-state index < -0.39 is 0 Å². The molecule has 2 aromatic heterocycles. The van der Waals surface area contributed by atoms with Gasteiger partial charge in [-0.15, -0.1) is 37.2 Å². The van der Waals surface area contributed by atoms with Crippen LogP contribution in [0.1, 0.15) is 17.1 Å². The summed E-state index contributed by atoms with van der Waals surface area (Å²) >= 11 is 0. The second kappa shape index (κ2) is 15.9. The average molecular weight is 450 g/mol. The van der Waals surface area contributed by atoms with Crippen LogP contribution in [0.25, 0.3) is 0 Å². The lowest BCUT2D eigenvalue weighted by molar-refractivity contribution is 0.270. The summed E-state index contributed by atoms with van der Waals surface area (Å²) in [5.74, 6) is 0. The molecule has 0 amide bonds. The molecule has 28 heavy (non-hydrogen) atoms. The van der Waals surface area contributed by atoms with E-state index in [1.807, 2.05) is 18.3 Å². The third kappa shape index (κ3) is 9.98. The van der Waals surface area contributed by atoms with Gasteiger partial charge in [0.05, 0.1) is 17.1 Å². The van der Waals surface area contributed by atoms with Gasteiger partial charge in [0.1, 0.15) is 0 Å². The predicted octanol–water partition coefficient (Wildman–Crippen LogP) is 2.03. The first-order valence-electron chi connectivity index (χ1n) is 9.09. The Morgan fingerprint density at radius 1 is 0.893 bits per heavy atom. The molecular formula is C19H31Cl3N6. The minimum Gasteiger partial charge on any atom is -0.310 e. The third-order valence-electron chi connectivity index (χ3n) is 4.32. The summed E-state index contributed by atoms with van der Waals surface area (Å²) in [4.78, 5) is 11.5. The monoisotopic (exact) mass is 448 g/mol. The van der Waals surface area contributed by atoms with Crippen LogP contribution in [0.2, 0.25) is 0 Å². The van der Waals surface area contributed by atoms with Crippen LogP contribution in [0.5, 0.6) is 0 Å². The first kappa shape index (κ1) is 27.0. The van der Waals surface area contributed by atoms with E-state index in [1.54, 1.807) is 0 Å². The number of hydrogen-bond acceptors (Lipinski definition) is 6. The Labute approximate surface area is 186 Å². The van der Waals surface area contributed by atoms with Crippen molar-refractivity contribution in [2.24, 2.45) is 0 Å². The Balaban J connectivity index is 0.00000243. The second-order valence-corrected chi connectivity index (χ2v) is 6.31. The van der Waals surface area contributed by atoms with Crippen molar-refractivity contribution in [3.63, 3.8) is 0 Å². The number of nitrogens with zero attached hydrogens (tertiary/aromatic N) is 3. The molecule has 3 N–H and O–H groups in total. The fourth-order valence-electron chi connectivity index (χ4n) is 2.93. The number of fused-ring (bicyclic) bond motifs is 2. The molecular weight excluding hydrogens is 419 g/mol. The molecule has 158 valence electrons. The van der Waals surface area contributed by atoms with E-state index in [0.29, 0.717) is 0 Å². The Hall–Kier alpha value is -0.990. The van der Waals surface area contributed by atoms with Gasteiger partial charge in [-0.25, -0.2) is 0 Å². The molecule has 0 saturated heterocycles. The van der Waals surface area contributed by atoms with Crippen molar-refractivity contribution >= 4 is 37.2 Å². The van der Waals surface area contributed by atoms with Crippen LogP contribution < -0.4 is 16.0 Å². The highest BCUT2D eigenvalue weighted by Gasteiger charge is 2.06. The SMILES string of the molecule is Cl.Cl.Cl.c1ccc(CNCCN2CCNCc3cccc(n3)CNCC2)nc1. The molecule has 6 nitrogen and oxygen atoms in total. The number of hydrogen-bond donors (Lipinski definition) is 3. The molecule has 2 aromatic rings. The highest BCUT2D eigenvalue weighted by atomic mass is 35.5. The third-order valence-corrected chi connectivity index (χ3v) is 4.32. The van der Waals surface area contributed by atoms with Gasteiger partial charge < -0.3 is 16.0 Å². The molecule has 1 aliphatic rings. The molecule has 0 unspecified atom stereocenters. The molecule has 3 heterocycles. The lowest BCUT2D eigenvalue weighted by atomic mass is 10.3. The Morgan fingerprint density at radius 3 is 2.18 bits per heavy atom. The van der Waals surface area contributed by atoms with Crippen LogP contribution >= 0.6 is 37.2 Å². The average Bonchev–Trinajstić information content (AvgIpc) is 2.65. The molecule has 0 radical (unpaired) electrons. The van der Waals surface area contributed by atoms with Gasteiger partial charge in [-0.2, -0.15) is 0 Å². The number of halogens is 3.